The second kappa shape index (κ2) is 16.0. The quantitative estimate of drug-likeness (QED) is 0.155. The molecule has 15 aromatic rings. The Labute approximate surface area is 453 Å². The zero-order chi connectivity index (χ0) is 51.5. The zero-order valence-corrected chi connectivity index (χ0v) is 42.7. The van der Waals surface area contributed by atoms with Crippen LogP contribution in [0.15, 0.2) is 254 Å². The standard InChI is InChI=1S/C73H46N2O4/c1-3-21-43(22-4-1)74(57-35-19-31-49-47-27-9-15-37-61(47)76-69(49)57)59-41-56-68(72-65(59)51-29-11-17-39-63(51)79-72)67-55(73(56)53-33-13-7-25-45(53)46-26-8-14-34-54(46)73)42-60(71-66(67)52-30-12-18-40-64(52)78-71)75(44-23-5-2-6-24-44)58-36-20-32-50-48-28-10-16-38-62(48)77-70(50)58/h1-5,7-22,25-42,44H,6,23-24H2. The van der Waals surface area contributed by atoms with Crippen molar-refractivity contribution in [3.8, 4) is 22.3 Å². The van der Waals surface area contributed by atoms with E-state index in [-0.39, 0.29) is 6.04 Å². The van der Waals surface area contributed by atoms with Gasteiger partial charge in [0.2, 0.25) is 0 Å². The van der Waals surface area contributed by atoms with E-state index in [0.717, 1.165) is 152 Å². The molecule has 18 rings (SSSR count). The van der Waals surface area contributed by atoms with Crippen LogP contribution in [0.3, 0.4) is 0 Å². The smallest absolute Gasteiger partial charge is 0.159 e. The Balaban J connectivity index is 1.04. The third kappa shape index (κ3) is 5.69. The van der Waals surface area contributed by atoms with Gasteiger partial charge in [0.25, 0.3) is 0 Å². The molecule has 1 spiro atoms. The Morgan fingerprint density at radius 2 is 0.848 bits per heavy atom. The van der Waals surface area contributed by atoms with E-state index in [9.17, 15) is 0 Å². The van der Waals surface area contributed by atoms with Crippen molar-refractivity contribution in [1.29, 1.82) is 0 Å². The number of hydrogen-bond acceptors (Lipinski definition) is 6. The number of allylic oxidation sites excluding steroid dienone is 1. The summed E-state index contributed by atoms with van der Waals surface area (Å²) in [5, 5.41) is 8.51. The van der Waals surface area contributed by atoms with Gasteiger partial charge in [0.15, 0.2) is 16.7 Å². The first-order valence-corrected chi connectivity index (χ1v) is 27.5. The summed E-state index contributed by atoms with van der Waals surface area (Å²) >= 11 is 0. The van der Waals surface area contributed by atoms with Crippen molar-refractivity contribution >= 4 is 116 Å². The first kappa shape index (κ1) is 43.1. The molecule has 11 aromatic carbocycles. The van der Waals surface area contributed by atoms with Gasteiger partial charge < -0.3 is 27.5 Å². The van der Waals surface area contributed by atoms with Gasteiger partial charge in [-0.25, -0.2) is 0 Å². The summed E-state index contributed by atoms with van der Waals surface area (Å²) in [5.41, 5.74) is 20.3. The minimum atomic E-state index is -0.835. The Morgan fingerprint density at radius 3 is 1.49 bits per heavy atom. The molecule has 0 saturated heterocycles. The van der Waals surface area contributed by atoms with Gasteiger partial charge in [0, 0.05) is 60.6 Å². The van der Waals surface area contributed by atoms with Crippen molar-refractivity contribution in [2.75, 3.05) is 9.80 Å². The molecule has 79 heavy (non-hydrogen) atoms. The fourth-order valence-electron chi connectivity index (χ4n) is 14.5. The maximum absolute atomic E-state index is 7.57. The predicted molar refractivity (Wildman–Crippen MR) is 322 cm³/mol. The number of furan rings is 4. The summed E-state index contributed by atoms with van der Waals surface area (Å²) in [6, 6.07) is 81.2. The van der Waals surface area contributed by atoms with Crippen molar-refractivity contribution in [1.82, 2.24) is 0 Å². The third-order valence-corrected chi connectivity index (χ3v) is 17.7. The van der Waals surface area contributed by atoms with Gasteiger partial charge in [-0.15, -0.1) is 0 Å². The maximum atomic E-state index is 7.57. The molecule has 0 amide bonds. The minimum Gasteiger partial charge on any atom is -0.455 e. The molecule has 1 unspecified atom stereocenters. The molecule has 6 nitrogen and oxygen atoms in total. The molecule has 0 saturated carbocycles. The SMILES string of the molecule is C1=CCC(N(c2cccc3c2oc2ccccc23)c2cc3c(c4c2oc2ccccc24)-c2c(cc(N(c4ccccc4)c4cccc5c4oc4ccccc45)c4c2oc2ccccc24)C32c3ccccc3-c3ccccc32)CC1. The van der Waals surface area contributed by atoms with Crippen LogP contribution in [0, 0.1) is 0 Å². The molecule has 0 aliphatic heterocycles. The van der Waals surface area contributed by atoms with Gasteiger partial charge in [-0.05, 0) is 113 Å². The van der Waals surface area contributed by atoms with Crippen molar-refractivity contribution < 1.29 is 17.7 Å². The first-order valence-electron chi connectivity index (χ1n) is 27.5. The molecule has 372 valence electrons. The molecular weight excluding hydrogens is 969 g/mol. The van der Waals surface area contributed by atoms with E-state index in [1.807, 2.05) is 6.07 Å². The Bertz CT molecular complexity index is 5060. The van der Waals surface area contributed by atoms with Gasteiger partial charge >= 0.3 is 0 Å². The van der Waals surface area contributed by atoms with Crippen LogP contribution in [-0.4, -0.2) is 6.04 Å². The summed E-state index contributed by atoms with van der Waals surface area (Å²) in [5.74, 6) is 0. The lowest BCUT2D eigenvalue weighted by atomic mass is 9.70. The molecule has 3 aliphatic rings. The van der Waals surface area contributed by atoms with Crippen LogP contribution in [0.1, 0.15) is 41.5 Å². The van der Waals surface area contributed by atoms with Crippen LogP contribution in [-0.2, 0) is 5.41 Å². The molecular formula is C73H46N2O4. The van der Waals surface area contributed by atoms with Crippen molar-refractivity contribution in [2.45, 2.75) is 30.7 Å². The molecule has 0 N–H and O–H groups in total. The minimum absolute atomic E-state index is 0.0928. The summed E-state index contributed by atoms with van der Waals surface area (Å²) in [4.78, 5) is 5.00. The van der Waals surface area contributed by atoms with Crippen LogP contribution in [0.2, 0.25) is 0 Å². The molecule has 4 heterocycles. The largest absolute Gasteiger partial charge is 0.455 e. The zero-order valence-electron chi connectivity index (χ0n) is 42.7. The van der Waals surface area contributed by atoms with E-state index in [4.69, 9.17) is 17.7 Å². The second-order valence-corrected chi connectivity index (χ2v) is 21.6. The van der Waals surface area contributed by atoms with E-state index < -0.39 is 5.41 Å². The lowest BCUT2D eigenvalue weighted by Crippen LogP contribution is -2.33. The lowest BCUT2D eigenvalue weighted by Gasteiger charge is -2.36. The summed E-state index contributed by atoms with van der Waals surface area (Å²) in [6.45, 7) is 0. The number of hydrogen-bond donors (Lipinski definition) is 0. The van der Waals surface area contributed by atoms with E-state index in [0.29, 0.717) is 0 Å². The topological polar surface area (TPSA) is 59.0 Å². The average Bonchev–Trinajstić information content (AvgIpc) is 4.52. The van der Waals surface area contributed by atoms with E-state index in [1.54, 1.807) is 0 Å². The second-order valence-electron chi connectivity index (χ2n) is 21.6. The van der Waals surface area contributed by atoms with E-state index >= 15 is 0 Å². The van der Waals surface area contributed by atoms with Crippen LogP contribution < -0.4 is 9.80 Å². The monoisotopic (exact) mass is 1010 g/mol. The molecule has 1 atom stereocenters. The van der Waals surface area contributed by atoms with Crippen molar-refractivity contribution in [3.05, 3.63) is 259 Å². The van der Waals surface area contributed by atoms with Gasteiger partial charge in [0.1, 0.15) is 27.9 Å². The molecule has 6 heteroatoms. The van der Waals surface area contributed by atoms with Crippen molar-refractivity contribution in [2.24, 2.45) is 0 Å². The molecule has 4 aromatic heterocycles. The fraction of sp³-hybridized carbons (Fsp3) is 0.0685. The molecule has 0 radical (unpaired) electrons. The highest BCUT2D eigenvalue weighted by atomic mass is 16.3. The summed E-state index contributed by atoms with van der Waals surface area (Å²) in [6.07, 6.45) is 7.47. The summed E-state index contributed by atoms with van der Waals surface area (Å²) < 4.78 is 29.0. The average molecular weight is 1020 g/mol. The van der Waals surface area contributed by atoms with Crippen LogP contribution >= 0.6 is 0 Å². The number of fused-ring (bicyclic) bond motifs is 24. The third-order valence-electron chi connectivity index (χ3n) is 17.7. The number of benzene rings is 11. The van der Waals surface area contributed by atoms with Crippen LogP contribution in [0.5, 0.6) is 0 Å². The number of para-hydroxylation sites is 7. The first-order chi connectivity index (χ1) is 39.2. The maximum Gasteiger partial charge on any atom is 0.159 e. The highest BCUT2D eigenvalue weighted by Gasteiger charge is 2.55. The van der Waals surface area contributed by atoms with Gasteiger partial charge in [-0.2, -0.15) is 0 Å². The summed E-state index contributed by atoms with van der Waals surface area (Å²) in [7, 11) is 0. The van der Waals surface area contributed by atoms with Gasteiger partial charge in [-0.1, -0.05) is 176 Å². The Kier molecular flexibility index (Phi) is 8.73. The van der Waals surface area contributed by atoms with Crippen LogP contribution in [0.4, 0.5) is 28.4 Å². The van der Waals surface area contributed by atoms with Gasteiger partial charge in [-0.3, -0.25) is 0 Å². The Hall–Kier alpha value is -10.0. The van der Waals surface area contributed by atoms with E-state index in [2.05, 4.69) is 240 Å². The number of nitrogens with zero attached hydrogens (tertiary/aromatic N) is 2. The number of rotatable bonds is 6. The highest BCUT2D eigenvalue weighted by Crippen LogP contribution is 2.68. The predicted octanol–water partition coefficient (Wildman–Crippen LogP) is 20.3. The lowest BCUT2D eigenvalue weighted by molar-refractivity contribution is 0.583. The Morgan fingerprint density at radius 1 is 0.354 bits per heavy atom. The van der Waals surface area contributed by atoms with Gasteiger partial charge in [0.05, 0.1) is 33.6 Å². The van der Waals surface area contributed by atoms with E-state index in [1.165, 1.54) is 27.8 Å². The fourth-order valence-corrected chi connectivity index (χ4v) is 14.5. The molecule has 3 aliphatic carbocycles. The molecule has 0 bridgehead atoms. The normalized spacial score (nSPS) is 15.1. The molecule has 0 fully saturated rings. The van der Waals surface area contributed by atoms with Crippen molar-refractivity contribution in [3.63, 3.8) is 0 Å². The highest BCUT2D eigenvalue weighted by molar-refractivity contribution is 6.27. The number of anilines is 5. The van der Waals surface area contributed by atoms with Crippen LogP contribution in [0.25, 0.3) is 110 Å².